The molecule has 0 N–H and O–H groups in total. The molecule has 2 heteroatoms. The quantitative estimate of drug-likeness (QED) is 0.545. The maximum absolute atomic E-state index is 10.8. The molecule has 0 spiro atoms. The Morgan fingerprint density at radius 2 is 1.88 bits per heavy atom. The lowest BCUT2D eigenvalue weighted by Crippen LogP contribution is -2.46. The third-order valence-electron chi connectivity index (χ3n) is 3.56. The zero-order valence-electron chi connectivity index (χ0n) is 10.6. The third-order valence-corrected chi connectivity index (χ3v) is 7.94. The van der Waals surface area contributed by atoms with Gasteiger partial charge in [-0.2, -0.15) is 0 Å². The monoisotopic (exact) mass is 234 g/mol. The molecule has 1 atom stereocenters. The summed E-state index contributed by atoms with van der Waals surface area (Å²) in [7, 11) is -1.48. The molecule has 0 amide bonds. The van der Waals surface area contributed by atoms with Gasteiger partial charge in [0.2, 0.25) is 0 Å². The van der Waals surface area contributed by atoms with Crippen molar-refractivity contribution in [2.45, 2.75) is 44.8 Å². The van der Waals surface area contributed by atoms with Crippen LogP contribution >= 0.6 is 0 Å². The molecule has 0 aliphatic heterocycles. The number of rotatable bonds is 6. The summed E-state index contributed by atoms with van der Waals surface area (Å²) < 4.78 is 0. The van der Waals surface area contributed by atoms with Gasteiger partial charge in [-0.05, 0) is 5.54 Å². The highest BCUT2D eigenvalue weighted by Gasteiger charge is 2.32. The van der Waals surface area contributed by atoms with Gasteiger partial charge in [-0.15, -0.1) is 0 Å². The van der Waals surface area contributed by atoms with Crippen LogP contribution in [0, 0.1) is 0 Å². The molecule has 16 heavy (non-hydrogen) atoms. The first-order valence-corrected chi connectivity index (χ1v) is 9.19. The van der Waals surface area contributed by atoms with E-state index in [1.54, 1.807) is 0 Å². The number of carbonyl (C=O) groups is 1. The van der Waals surface area contributed by atoms with E-state index in [0.29, 0.717) is 5.54 Å². The van der Waals surface area contributed by atoms with Crippen molar-refractivity contribution >= 4 is 19.5 Å². The molecular formula is C14H22OSi. The molecule has 0 aliphatic rings. The Balaban J connectivity index is 2.92. The van der Waals surface area contributed by atoms with Crippen molar-refractivity contribution in [3.63, 3.8) is 0 Å². The molecule has 0 aliphatic carbocycles. The van der Waals surface area contributed by atoms with E-state index in [2.05, 4.69) is 50.3 Å². The van der Waals surface area contributed by atoms with Gasteiger partial charge in [-0.1, -0.05) is 68.4 Å². The normalized spacial score (nSPS) is 13.4. The Bertz CT molecular complexity index is 319. The van der Waals surface area contributed by atoms with E-state index in [1.807, 2.05) is 0 Å². The highest BCUT2D eigenvalue weighted by molar-refractivity contribution is 6.91. The van der Waals surface area contributed by atoms with E-state index in [1.165, 1.54) is 18.0 Å². The SMILES string of the molecule is CCC[C@@H](CC=O)[Si](C)(C)c1ccccc1. The lowest BCUT2D eigenvalue weighted by atomic mass is 10.2. The van der Waals surface area contributed by atoms with Gasteiger partial charge in [0.05, 0.1) is 8.07 Å². The standard InChI is InChI=1S/C14H22OSi/c1-4-8-13(11-12-15)16(2,3)14-9-6-5-7-10-14/h5-7,9-10,12-13H,4,8,11H2,1-3H3/t13-/m0/s1. The minimum Gasteiger partial charge on any atom is -0.303 e. The van der Waals surface area contributed by atoms with Crippen molar-refractivity contribution in [3.05, 3.63) is 30.3 Å². The molecule has 1 rings (SSSR count). The molecule has 0 bridgehead atoms. The van der Waals surface area contributed by atoms with Crippen LogP contribution in [0.3, 0.4) is 0 Å². The summed E-state index contributed by atoms with van der Waals surface area (Å²) in [5.74, 6) is 0. The highest BCUT2D eigenvalue weighted by atomic mass is 28.3. The molecule has 0 saturated heterocycles. The van der Waals surface area contributed by atoms with Crippen LogP contribution < -0.4 is 5.19 Å². The summed E-state index contributed by atoms with van der Waals surface area (Å²) in [6.45, 7) is 6.96. The van der Waals surface area contributed by atoms with Gasteiger partial charge < -0.3 is 4.79 Å². The van der Waals surface area contributed by atoms with E-state index >= 15 is 0 Å². The van der Waals surface area contributed by atoms with Gasteiger partial charge in [0, 0.05) is 6.42 Å². The first-order valence-electron chi connectivity index (χ1n) is 6.12. The second-order valence-corrected chi connectivity index (χ2v) is 9.81. The fraction of sp³-hybridized carbons (Fsp3) is 0.500. The molecule has 1 nitrogen and oxygen atoms in total. The zero-order valence-corrected chi connectivity index (χ0v) is 11.6. The van der Waals surface area contributed by atoms with Crippen LogP contribution in [0.2, 0.25) is 18.6 Å². The van der Waals surface area contributed by atoms with Crippen LogP contribution in [0.5, 0.6) is 0 Å². The zero-order chi connectivity index (χ0) is 12.0. The third kappa shape index (κ3) is 3.05. The van der Waals surface area contributed by atoms with E-state index in [0.717, 1.165) is 12.7 Å². The molecule has 0 heterocycles. The first-order chi connectivity index (χ1) is 7.62. The second kappa shape index (κ2) is 5.99. The minimum atomic E-state index is -1.48. The number of aldehydes is 1. The average molecular weight is 234 g/mol. The van der Waals surface area contributed by atoms with Crippen LogP contribution in [0.1, 0.15) is 26.2 Å². The van der Waals surface area contributed by atoms with E-state index in [9.17, 15) is 4.79 Å². The van der Waals surface area contributed by atoms with Crippen molar-refractivity contribution in [1.82, 2.24) is 0 Å². The summed E-state index contributed by atoms with van der Waals surface area (Å²) in [6.07, 6.45) is 4.16. The Labute approximate surface area is 99.9 Å². The first kappa shape index (κ1) is 13.2. The van der Waals surface area contributed by atoms with Crippen LogP contribution in [-0.2, 0) is 4.79 Å². The van der Waals surface area contributed by atoms with E-state index in [-0.39, 0.29) is 0 Å². The Morgan fingerprint density at radius 1 is 1.25 bits per heavy atom. The van der Waals surface area contributed by atoms with Gasteiger partial charge in [-0.3, -0.25) is 0 Å². The topological polar surface area (TPSA) is 17.1 Å². The molecular weight excluding hydrogens is 212 g/mol. The molecule has 0 saturated carbocycles. The molecule has 1 aromatic rings. The second-order valence-electron chi connectivity index (χ2n) is 4.98. The fourth-order valence-corrected chi connectivity index (χ4v) is 5.56. The number of benzene rings is 1. The van der Waals surface area contributed by atoms with E-state index in [4.69, 9.17) is 0 Å². The fourth-order valence-electron chi connectivity index (χ4n) is 2.34. The van der Waals surface area contributed by atoms with Gasteiger partial charge in [0.1, 0.15) is 6.29 Å². The van der Waals surface area contributed by atoms with Gasteiger partial charge in [-0.25, -0.2) is 0 Å². The maximum Gasteiger partial charge on any atom is 0.119 e. The Morgan fingerprint density at radius 3 is 2.38 bits per heavy atom. The Hall–Kier alpha value is -0.893. The lowest BCUT2D eigenvalue weighted by Gasteiger charge is -2.31. The van der Waals surface area contributed by atoms with Gasteiger partial charge in [0.25, 0.3) is 0 Å². The molecule has 88 valence electrons. The van der Waals surface area contributed by atoms with Gasteiger partial charge in [0.15, 0.2) is 0 Å². The van der Waals surface area contributed by atoms with Crippen LogP contribution in [-0.4, -0.2) is 14.4 Å². The average Bonchev–Trinajstić information content (AvgIpc) is 2.30. The number of carbonyl (C=O) groups excluding carboxylic acids is 1. The number of hydrogen-bond donors (Lipinski definition) is 0. The molecule has 0 fully saturated rings. The summed E-state index contributed by atoms with van der Waals surface area (Å²) in [6, 6.07) is 10.7. The van der Waals surface area contributed by atoms with Crippen molar-refractivity contribution in [2.75, 3.05) is 0 Å². The van der Waals surface area contributed by atoms with Crippen molar-refractivity contribution in [2.24, 2.45) is 0 Å². The predicted molar refractivity (Wildman–Crippen MR) is 72.9 cm³/mol. The lowest BCUT2D eigenvalue weighted by molar-refractivity contribution is -0.107. The summed E-state index contributed by atoms with van der Waals surface area (Å²) in [4.78, 5) is 10.8. The van der Waals surface area contributed by atoms with Crippen molar-refractivity contribution in [3.8, 4) is 0 Å². The predicted octanol–water partition coefficient (Wildman–Crippen LogP) is 3.36. The van der Waals surface area contributed by atoms with Crippen molar-refractivity contribution in [1.29, 1.82) is 0 Å². The summed E-state index contributed by atoms with van der Waals surface area (Å²) in [5.41, 5.74) is 0.581. The van der Waals surface area contributed by atoms with Gasteiger partial charge >= 0.3 is 0 Å². The molecule has 1 aromatic carbocycles. The summed E-state index contributed by atoms with van der Waals surface area (Å²) >= 11 is 0. The van der Waals surface area contributed by atoms with Crippen LogP contribution in [0.25, 0.3) is 0 Å². The van der Waals surface area contributed by atoms with E-state index < -0.39 is 8.07 Å². The minimum absolute atomic E-state index is 0.581. The highest BCUT2D eigenvalue weighted by Crippen LogP contribution is 2.29. The van der Waals surface area contributed by atoms with Crippen LogP contribution in [0.4, 0.5) is 0 Å². The van der Waals surface area contributed by atoms with Crippen LogP contribution in [0.15, 0.2) is 30.3 Å². The van der Waals surface area contributed by atoms with Crippen molar-refractivity contribution < 1.29 is 4.79 Å². The largest absolute Gasteiger partial charge is 0.303 e. The molecule has 0 aromatic heterocycles. The summed E-state index contributed by atoms with van der Waals surface area (Å²) in [5, 5.41) is 1.47. The molecule has 0 unspecified atom stereocenters. The Kier molecular flexibility index (Phi) is 4.94. The number of hydrogen-bond acceptors (Lipinski definition) is 1. The maximum atomic E-state index is 10.8. The molecule has 0 radical (unpaired) electrons. The smallest absolute Gasteiger partial charge is 0.119 e.